The van der Waals surface area contributed by atoms with Gasteiger partial charge in [0.25, 0.3) is 0 Å². The van der Waals surface area contributed by atoms with Crippen LogP contribution in [0.3, 0.4) is 0 Å². The third-order valence-corrected chi connectivity index (χ3v) is 3.96. The summed E-state index contributed by atoms with van der Waals surface area (Å²) in [5.74, 6) is 0.112. The van der Waals surface area contributed by atoms with E-state index in [1.54, 1.807) is 23.9 Å². The van der Waals surface area contributed by atoms with E-state index in [0.717, 1.165) is 5.56 Å². The molecular formula is C13H16N2O4S. The summed E-state index contributed by atoms with van der Waals surface area (Å²) in [6.45, 7) is 0. The van der Waals surface area contributed by atoms with Gasteiger partial charge in [-0.05, 0) is 17.7 Å². The fourth-order valence-electron chi connectivity index (χ4n) is 1.90. The van der Waals surface area contributed by atoms with Crippen LogP contribution in [-0.2, 0) is 16.0 Å². The lowest BCUT2D eigenvalue weighted by Gasteiger charge is -2.17. The van der Waals surface area contributed by atoms with Crippen LogP contribution in [0.5, 0.6) is 5.75 Å². The standard InChI is InChI=1S/C13H16N2O4S/c16-9-3-1-8(2-4-9)5-10(13(18)19)15-12(17)11-6-20-7-14-11/h1-4,10-11,14,16H,5-7H2,(H,15,17)(H,18,19). The van der Waals surface area contributed by atoms with Crippen molar-refractivity contribution in [2.24, 2.45) is 0 Å². The number of phenolic OH excluding ortho intramolecular Hbond substituents is 1. The first-order valence-corrected chi connectivity index (χ1v) is 7.34. The van der Waals surface area contributed by atoms with Crippen molar-refractivity contribution in [3.05, 3.63) is 29.8 Å². The topological polar surface area (TPSA) is 98.7 Å². The van der Waals surface area contributed by atoms with Crippen LogP contribution in [0.15, 0.2) is 24.3 Å². The predicted molar refractivity (Wildman–Crippen MR) is 75.6 cm³/mol. The van der Waals surface area contributed by atoms with Crippen LogP contribution in [-0.4, -0.2) is 45.8 Å². The molecule has 1 amide bonds. The summed E-state index contributed by atoms with van der Waals surface area (Å²) in [4.78, 5) is 23.1. The number of thioether (sulfide) groups is 1. The Kier molecular flexibility index (Phi) is 4.86. The third kappa shape index (κ3) is 3.88. The van der Waals surface area contributed by atoms with Gasteiger partial charge >= 0.3 is 5.97 Å². The first-order valence-electron chi connectivity index (χ1n) is 6.18. The summed E-state index contributed by atoms with van der Waals surface area (Å²) in [6, 6.07) is 4.96. The predicted octanol–water partition coefficient (Wildman–Crippen LogP) is 0.167. The molecule has 1 aromatic carbocycles. The van der Waals surface area contributed by atoms with Gasteiger partial charge in [0.15, 0.2) is 0 Å². The summed E-state index contributed by atoms with van der Waals surface area (Å²) in [7, 11) is 0. The zero-order valence-corrected chi connectivity index (χ0v) is 11.5. The average Bonchev–Trinajstić information content (AvgIpc) is 2.94. The molecule has 6 nitrogen and oxygen atoms in total. The fourth-order valence-corrected chi connectivity index (χ4v) is 2.85. The number of hydrogen-bond donors (Lipinski definition) is 4. The molecule has 7 heteroatoms. The molecule has 2 rings (SSSR count). The van der Waals surface area contributed by atoms with Crippen molar-refractivity contribution in [2.75, 3.05) is 11.6 Å². The number of carboxylic acid groups (broad SMARTS) is 1. The molecule has 2 unspecified atom stereocenters. The average molecular weight is 296 g/mol. The van der Waals surface area contributed by atoms with Crippen LogP contribution in [0.1, 0.15) is 5.56 Å². The quantitative estimate of drug-likeness (QED) is 0.618. The number of hydrogen-bond acceptors (Lipinski definition) is 5. The number of aromatic hydroxyl groups is 1. The fraction of sp³-hybridized carbons (Fsp3) is 0.385. The molecule has 0 aliphatic carbocycles. The Morgan fingerprint density at radius 2 is 2.10 bits per heavy atom. The Hall–Kier alpha value is -1.73. The zero-order valence-electron chi connectivity index (χ0n) is 10.7. The molecule has 1 fully saturated rings. The Morgan fingerprint density at radius 1 is 1.40 bits per heavy atom. The van der Waals surface area contributed by atoms with Crippen LogP contribution < -0.4 is 10.6 Å². The summed E-state index contributed by atoms with van der Waals surface area (Å²) < 4.78 is 0. The lowest BCUT2D eigenvalue weighted by Crippen LogP contribution is -2.50. The molecule has 1 aliphatic rings. The largest absolute Gasteiger partial charge is 0.508 e. The van der Waals surface area contributed by atoms with Crippen molar-refractivity contribution < 1.29 is 19.8 Å². The Balaban J connectivity index is 1.98. The van der Waals surface area contributed by atoms with Gasteiger partial charge in [0.1, 0.15) is 11.8 Å². The van der Waals surface area contributed by atoms with E-state index in [1.807, 2.05) is 0 Å². The number of carbonyl (C=O) groups is 2. The zero-order chi connectivity index (χ0) is 14.5. The molecule has 1 aliphatic heterocycles. The third-order valence-electron chi connectivity index (χ3n) is 3.02. The van der Waals surface area contributed by atoms with Crippen LogP contribution in [0, 0.1) is 0 Å². The van der Waals surface area contributed by atoms with E-state index < -0.39 is 12.0 Å². The highest BCUT2D eigenvalue weighted by Gasteiger charge is 2.27. The van der Waals surface area contributed by atoms with E-state index in [0.29, 0.717) is 11.6 Å². The number of benzene rings is 1. The van der Waals surface area contributed by atoms with Crippen LogP contribution >= 0.6 is 11.8 Å². The first kappa shape index (κ1) is 14.7. The van der Waals surface area contributed by atoms with Gasteiger partial charge in [0.05, 0.1) is 6.04 Å². The maximum atomic E-state index is 11.9. The summed E-state index contributed by atoms with van der Waals surface area (Å²) in [5.41, 5.74) is 0.740. The van der Waals surface area contributed by atoms with E-state index in [4.69, 9.17) is 0 Å². The molecule has 20 heavy (non-hydrogen) atoms. The maximum absolute atomic E-state index is 11.9. The Labute approximate surface area is 120 Å². The van der Waals surface area contributed by atoms with Gasteiger partial charge in [0.2, 0.25) is 5.91 Å². The highest BCUT2D eigenvalue weighted by molar-refractivity contribution is 7.99. The normalized spacial score (nSPS) is 19.5. The SMILES string of the molecule is O=C(O)C(Cc1ccc(O)cc1)NC(=O)C1CSCN1. The molecule has 0 aromatic heterocycles. The molecule has 1 heterocycles. The lowest BCUT2D eigenvalue weighted by molar-refractivity contribution is -0.142. The van der Waals surface area contributed by atoms with Crippen molar-refractivity contribution in [3.63, 3.8) is 0 Å². The highest BCUT2D eigenvalue weighted by Crippen LogP contribution is 2.13. The van der Waals surface area contributed by atoms with Gasteiger partial charge in [-0.3, -0.25) is 10.1 Å². The van der Waals surface area contributed by atoms with Gasteiger partial charge in [-0.25, -0.2) is 4.79 Å². The minimum Gasteiger partial charge on any atom is -0.508 e. The van der Waals surface area contributed by atoms with E-state index in [1.165, 1.54) is 12.1 Å². The van der Waals surface area contributed by atoms with E-state index in [9.17, 15) is 19.8 Å². The van der Waals surface area contributed by atoms with E-state index in [-0.39, 0.29) is 24.1 Å². The van der Waals surface area contributed by atoms with Crippen LogP contribution in [0.4, 0.5) is 0 Å². The van der Waals surface area contributed by atoms with E-state index in [2.05, 4.69) is 10.6 Å². The molecule has 1 saturated heterocycles. The summed E-state index contributed by atoms with van der Waals surface area (Å²) in [5, 5.41) is 23.9. The highest BCUT2D eigenvalue weighted by atomic mass is 32.2. The van der Waals surface area contributed by atoms with Gasteiger partial charge in [-0.15, -0.1) is 11.8 Å². The molecule has 0 spiro atoms. The monoisotopic (exact) mass is 296 g/mol. The lowest BCUT2D eigenvalue weighted by atomic mass is 10.1. The van der Waals surface area contributed by atoms with Crippen molar-refractivity contribution in [2.45, 2.75) is 18.5 Å². The maximum Gasteiger partial charge on any atom is 0.326 e. The molecule has 2 atom stereocenters. The number of carboxylic acids is 1. The van der Waals surface area contributed by atoms with Crippen molar-refractivity contribution in [1.29, 1.82) is 0 Å². The van der Waals surface area contributed by atoms with Gasteiger partial charge in [-0.1, -0.05) is 12.1 Å². The first-order chi connectivity index (χ1) is 9.56. The number of aliphatic carboxylic acids is 1. The van der Waals surface area contributed by atoms with E-state index >= 15 is 0 Å². The van der Waals surface area contributed by atoms with Gasteiger partial charge < -0.3 is 15.5 Å². The second-order valence-corrected chi connectivity index (χ2v) is 5.57. The molecule has 4 N–H and O–H groups in total. The van der Waals surface area contributed by atoms with Crippen molar-refractivity contribution >= 4 is 23.6 Å². The second kappa shape index (κ2) is 6.62. The number of carbonyl (C=O) groups excluding carboxylic acids is 1. The number of nitrogens with one attached hydrogen (secondary N) is 2. The van der Waals surface area contributed by atoms with Crippen molar-refractivity contribution in [1.82, 2.24) is 10.6 Å². The molecule has 1 aromatic rings. The van der Waals surface area contributed by atoms with Crippen LogP contribution in [0.25, 0.3) is 0 Å². The second-order valence-electron chi connectivity index (χ2n) is 4.54. The summed E-state index contributed by atoms with van der Waals surface area (Å²) in [6.07, 6.45) is 0.182. The minimum atomic E-state index is -1.07. The Morgan fingerprint density at radius 3 is 2.65 bits per heavy atom. The van der Waals surface area contributed by atoms with Gasteiger partial charge in [-0.2, -0.15) is 0 Å². The number of rotatable bonds is 5. The molecule has 108 valence electrons. The molecular weight excluding hydrogens is 280 g/mol. The Bertz CT molecular complexity index is 486. The molecule has 0 bridgehead atoms. The van der Waals surface area contributed by atoms with Gasteiger partial charge in [0, 0.05) is 18.1 Å². The molecule has 0 saturated carbocycles. The summed E-state index contributed by atoms with van der Waals surface area (Å²) >= 11 is 1.60. The molecule has 0 radical (unpaired) electrons. The number of amides is 1. The smallest absolute Gasteiger partial charge is 0.326 e. The number of phenols is 1. The minimum absolute atomic E-state index is 0.122. The van der Waals surface area contributed by atoms with Crippen molar-refractivity contribution in [3.8, 4) is 5.75 Å². The van der Waals surface area contributed by atoms with Crippen LogP contribution in [0.2, 0.25) is 0 Å².